The molecular weight excluding hydrogens is 499 g/mol. The van der Waals surface area contributed by atoms with E-state index in [4.69, 9.17) is 32.9 Å². The Morgan fingerprint density at radius 2 is 2.08 bits per heavy atom. The van der Waals surface area contributed by atoms with Crippen molar-refractivity contribution in [2.75, 3.05) is 23.1 Å². The Morgan fingerprint density at radius 1 is 1.28 bits per heavy atom. The van der Waals surface area contributed by atoms with Gasteiger partial charge in [-0.2, -0.15) is 10.4 Å². The molecule has 0 unspecified atom stereocenters. The van der Waals surface area contributed by atoms with Gasteiger partial charge in [0.15, 0.2) is 0 Å². The number of nitriles is 1. The van der Waals surface area contributed by atoms with Crippen molar-refractivity contribution in [2.45, 2.75) is 20.3 Å². The maximum atomic E-state index is 12.4. The first-order chi connectivity index (χ1) is 17.4. The first-order valence-corrected chi connectivity index (χ1v) is 12.3. The summed E-state index contributed by atoms with van der Waals surface area (Å²) in [6, 6.07) is 9.50. The Labute approximate surface area is 218 Å². The van der Waals surface area contributed by atoms with E-state index in [1.165, 1.54) is 6.08 Å². The third-order valence-electron chi connectivity index (χ3n) is 5.47. The van der Waals surface area contributed by atoms with Crippen molar-refractivity contribution in [1.29, 1.82) is 5.26 Å². The average molecular weight is 523 g/mol. The van der Waals surface area contributed by atoms with Gasteiger partial charge in [-0.05, 0) is 31.5 Å². The minimum absolute atomic E-state index is 0.219. The number of pyridine rings is 1. The number of nitrogens with zero attached hydrogens (tertiary/aromatic N) is 4. The van der Waals surface area contributed by atoms with Crippen LogP contribution in [0.15, 0.2) is 42.6 Å². The Bertz CT molecular complexity index is 1540. The van der Waals surface area contributed by atoms with E-state index >= 15 is 0 Å². The minimum Gasteiger partial charge on any atom is -0.492 e. The summed E-state index contributed by atoms with van der Waals surface area (Å²) in [6.45, 7) is 4.20. The summed E-state index contributed by atoms with van der Waals surface area (Å²) in [6.07, 6.45) is 5.33. The molecule has 10 heteroatoms. The number of ether oxygens (including phenoxy) is 1. The molecule has 36 heavy (non-hydrogen) atoms. The number of rotatable bonds is 8. The fourth-order valence-electron chi connectivity index (χ4n) is 3.98. The number of nitrogens with one attached hydrogen (secondary N) is 2. The van der Waals surface area contributed by atoms with Gasteiger partial charge in [-0.1, -0.05) is 24.6 Å². The van der Waals surface area contributed by atoms with Crippen LogP contribution in [0.3, 0.4) is 0 Å². The number of alkyl halides is 1. The maximum Gasteiger partial charge on any atom is 0.248 e. The van der Waals surface area contributed by atoms with Crippen LogP contribution >= 0.6 is 23.2 Å². The summed E-state index contributed by atoms with van der Waals surface area (Å²) >= 11 is 12.2. The fourth-order valence-corrected chi connectivity index (χ4v) is 4.33. The molecule has 0 aliphatic carbocycles. The zero-order valence-corrected chi connectivity index (χ0v) is 21.5. The summed E-state index contributed by atoms with van der Waals surface area (Å²) in [7, 11) is 1.83. The summed E-state index contributed by atoms with van der Waals surface area (Å²) in [4.78, 5) is 17.1. The molecule has 2 aromatic heterocycles. The lowest BCUT2D eigenvalue weighted by atomic mass is 10.0. The lowest BCUT2D eigenvalue weighted by molar-refractivity contribution is -0.111. The monoisotopic (exact) mass is 522 g/mol. The van der Waals surface area contributed by atoms with Crippen molar-refractivity contribution in [3.05, 3.63) is 58.9 Å². The smallest absolute Gasteiger partial charge is 0.248 e. The van der Waals surface area contributed by atoms with Gasteiger partial charge in [-0.15, -0.1) is 11.6 Å². The number of carbonyl (C=O) groups excluding carboxylic acids is 1. The number of benzene rings is 2. The number of allylic oxidation sites excluding steroid dienone is 1. The molecule has 2 heterocycles. The number of aryl methyl sites for hydroxylation is 2. The van der Waals surface area contributed by atoms with E-state index in [1.54, 1.807) is 29.0 Å². The van der Waals surface area contributed by atoms with Crippen molar-refractivity contribution in [2.24, 2.45) is 7.05 Å². The van der Waals surface area contributed by atoms with E-state index in [2.05, 4.69) is 21.8 Å². The summed E-state index contributed by atoms with van der Waals surface area (Å²) in [5.74, 6) is 0.344. The quantitative estimate of drug-likeness (QED) is 0.214. The topological polar surface area (TPSA) is 105 Å². The van der Waals surface area contributed by atoms with Crippen molar-refractivity contribution in [3.8, 4) is 11.8 Å². The number of hydrogen-bond acceptors (Lipinski definition) is 6. The molecule has 184 valence electrons. The second-order valence-electron chi connectivity index (χ2n) is 7.94. The van der Waals surface area contributed by atoms with Crippen LogP contribution in [0.25, 0.3) is 21.8 Å². The van der Waals surface area contributed by atoms with Crippen molar-refractivity contribution >= 4 is 68.0 Å². The van der Waals surface area contributed by atoms with E-state index < -0.39 is 0 Å². The number of amides is 1. The van der Waals surface area contributed by atoms with Crippen LogP contribution in [-0.2, 0) is 18.3 Å². The number of fused-ring (bicyclic) bond motifs is 2. The van der Waals surface area contributed by atoms with Gasteiger partial charge in [0.25, 0.3) is 0 Å². The number of aromatic nitrogens is 3. The highest BCUT2D eigenvalue weighted by Crippen LogP contribution is 2.38. The largest absolute Gasteiger partial charge is 0.492 e. The molecule has 0 aliphatic heterocycles. The molecule has 0 radical (unpaired) electrons. The molecule has 8 nitrogen and oxygen atoms in total. The van der Waals surface area contributed by atoms with Gasteiger partial charge in [-0.3, -0.25) is 14.5 Å². The molecule has 0 aliphatic rings. The van der Waals surface area contributed by atoms with Gasteiger partial charge < -0.3 is 15.4 Å². The maximum absolute atomic E-state index is 12.4. The van der Waals surface area contributed by atoms with Crippen molar-refractivity contribution in [1.82, 2.24) is 14.8 Å². The van der Waals surface area contributed by atoms with Gasteiger partial charge in [0.1, 0.15) is 17.3 Å². The van der Waals surface area contributed by atoms with Crippen LogP contribution < -0.4 is 15.4 Å². The van der Waals surface area contributed by atoms with Crippen LogP contribution in [0.2, 0.25) is 5.02 Å². The van der Waals surface area contributed by atoms with Crippen LogP contribution in [0, 0.1) is 11.3 Å². The Balaban J connectivity index is 1.92. The van der Waals surface area contributed by atoms with Crippen LogP contribution in [0.5, 0.6) is 5.75 Å². The van der Waals surface area contributed by atoms with E-state index in [9.17, 15) is 10.1 Å². The first kappa shape index (κ1) is 25.3. The summed E-state index contributed by atoms with van der Waals surface area (Å²) < 4.78 is 7.48. The standard InChI is InChI=1S/C26H24Cl2N6O2/c1-4-20-18(13-29)26(30-16-9-15-14-34(3)33-25(15)19(28)10-16)17-11-22(32-24(35)7-6-8-27)23(36-5-2)12-21(17)31-20/h6-7,9-12,14H,4-5,8H2,1-3H3,(H,30,31)(H,32,35)/b7-6+. The summed E-state index contributed by atoms with van der Waals surface area (Å²) in [5.41, 5.74) is 4.08. The normalized spacial score (nSPS) is 11.2. The number of anilines is 3. The van der Waals surface area contributed by atoms with E-state index in [0.29, 0.717) is 68.5 Å². The molecule has 0 bridgehead atoms. The van der Waals surface area contributed by atoms with Crippen LogP contribution in [-0.4, -0.2) is 33.2 Å². The van der Waals surface area contributed by atoms with E-state index in [1.807, 2.05) is 33.2 Å². The molecule has 2 aromatic carbocycles. The van der Waals surface area contributed by atoms with Crippen molar-refractivity contribution < 1.29 is 9.53 Å². The zero-order chi connectivity index (χ0) is 25.8. The highest BCUT2D eigenvalue weighted by atomic mass is 35.5. The Morgan fingerprint density at radius 3 is 2.78 bits per heavy atom. The van der Waals surface area contributed by atoms with Gasteiger partial charge in [-0.25, -0.2) is 0 Å². The van der Waals surface area contributed by atoms with Crippen LogP contribution in [0.4, 0.5) is 17.1 Å². The van der Waals surface area contributed by atoms with Gasteiger partial charge in [0.05, 0.1) is 39.8 Å². The fraction of sp³-hybridized carbons (Fsp3) is 0.231. The molecule has 0 saturated carbocycles. The highest BCUT2D eigenvalue weighted by Gasteiger charge is 2.19. The molecule has 2 N–H and O–H groups in total. The first-order valence-electron chi connectivity index (χ1n) is 11.3. The molecule has 1 amide bonds. The third kappa shape index (κ3) is 5.08. The SMILES string of the molecule is CCOc1cc2nc(CC)c(C#N)c(Nc3cc(Cl)c4nn(C)cc4c3)c2cc1NC(=O)/C=C/CCl. The number of carbonyl (C=O) groups is 1. The molecule has 0 atom stereocenters. The van der Waals surface area contributed by atoms with Gasteiger partial charge in [0.2, 0.25) is 5.91 Å². The second-order valence-corrected chi connectivity index (χ2v) is 8.66. The predicted octanol–water partition coefficient (Wildman–Crippen LogP) is 6.08. The molecular formula is C26H24Cl2N6O2. The van der Waals surface area contributed by atoms with E-state index in [0.717, 1.165) is 5.39 Å². The average Bonchev–Trinajstić information content (AvgIpc) is 3.24. The molecule has 4 rings (SSSR count). The number of hydrogen-bond donors (Lipinski definition) is 2. The third-order valence-corrected chi connectivity index (χ3v) is 5.94. The molecule has 0 spiro atoms. The predicted molar refractivity (Wildman–Crippen MR) is 145 cm³/mol. The Hall–Kier alpha value is -3.80. The van der Waals surface area contributed by atoms with Gasteiger partial charge >= 0.3 is 0 Å². The summed E-state index contributed by atoms with van der Waals surface area (Å²) in [5, 5.41) is 22.7. The molecule has 0 fully saturated rings. The molecule has 0 saturated heterocycles. The van der Waals surface area contributed by atoms with E-state index in [-0.39, 0.29) is 11.8 Å². The second kappa shape index (κ2) is 10.9. The van der Waals surface area contributed by atoms with Crippen LogP contribution in [0.1, 0.15) is 25.1 Å². The highest BCUT2D eigenvalue weighted by molar-refractivity contribution is 6.35. The number of halogens is 2. The zero-order valence-electron chi connectivity index (χ0n) is 20.0. The Kier molecular flexibility index (Phi) is 7.63. The van der Waals surface area contributed by atoms with Gasteiger partial charge in [0, 0.05) is 47.7 Å². The minimum atomic E-state index is -0.349. The lowest BCUT2D eigenvalue weighted by Crippen LogP contribution is -2.10. The lowest BCUT2D eigenvalue weighted by Gasteiger charge is -2.18. The molecule has 4 aromatic rings. The van der Waals surface area contributed by atoms with Crippen molar-refractivity contribution in [3.63, 3.8) is 0 Å².